The quantitative estimate of drug-likeness (QED) is 0.0995. The van der Waals surface area contributed by atoms with E-state index in [1.54, 1.807) is 30.4 Å². The summed E-state index contributed by atoms with van der Waals surface area (Å²) in [6, 6.07) is 16.8. The highest BCUT2D eigenvalue weighted by Gasteiger charge is 2.41. The largest absolute Gasteiger partial charge is 0.392 e. The summed E-state index contributed by atoms with van der Waals surface area (Å²) in [6.45, 7) is 19.2. The maximum atomic E-state index is 14.1. The van der Waals surface area contributed by atoms with Gasteiger partial charge < -0.3 is 44.7 Å². The van der Waals surface area contributed by atoms with Crippen LogP contribution in [-0.2, 0) is 44.4 Å². The third-order valence-electron chi connectivity index (χ3n) is 17.2. The van der Waals surface area contributed by atoms with E-state index in [0.717, 1.165) is 94.4 Å². The van der Waals surface area contributed by atoms with Crippen LogP contribution in [0.5, 0.6) is 0 Å². The molecule has 2 saturated heterocycles. The number of benzene rings is 2. The number of aryl methyl sites for hydroxylation is 1. The molecule has 1 unspecified atom stereocenters. The van der Waals surface area contributed by atoms with Crippen LogP contribution in [-0.4, -0.2) is 119 Å². The number of carbonyl (C=O) groups is 3. The number of carbonyl (C=O) groups excluding carboxylic acids is 3. The van der Waals surface area contributed by atoms with Crippen LogP contribution in [0.25, 0.3) is 11.3 Å². The fourth-order valence-electron chi connectivity index (χ4n) is 13.2. The lowest BCUT2D eigenvalue weighted by Gasteiger charge is -2.48. The van der Waals surface area contributed by atoms with E-state index in [-0.39, 0.29) is 46.6 Å². The molecule has 2 aliphatic carbocycles. The van der Waals surface area contributed by atoms with E-state index in [0.29, 0.717) is 71.4 Å². The predicted molar refractivity (Wildman–Crippen MR) is 292 cm³/mol. The number of piperidine rings is 1. The number of anilines is 6. The Morgan fingerprint density at radius 2 is 1.65 bits per heavy atom. The van der Waals surface area contributed by atoms with Crippen LogP contribution in [0.2, 0.25) is 0 Å². The normalized spacial score (nSPS) is 24.5. The number of nitrogens with one attached hydrogen (secondary N) is 2. The first-order valence-electron chi connectivity index (χ1n) is 26.9. The fourth-order valence-corrected chi connectivity index (χ4v) is 13.2. The van der Waals surface area contributed by atoms with Gasteiger partial charge in [-0.05, 0) is 143 Å². The fraction of sp³-hybridized carbons (Fsp3) is 0.483. The summed E-state index contributed by atoms with van der Waals surface area (Å²) in [5.74, 6) is -0.00775. The summed E-state index contributed by atoms with van der Waals surface area (Å²) in [6.07, 6.45) is 11.4. The number of aromatic nitrogens is 4. The van der Waals surface area contributed by atoms with Crippen molar-refractivity contribution in [1.29, 1.82) is 0 Å². The van der Waals surface area contributed by atoms with Gasteiger partial charge in [-0.15, -0.1) is 0 Å². The molecule has 3 atom stereocenters. The molecule has 17 nitrogen and oxygen atoms in total. The van der Waals surface area contributed by atoms with E-state index in [9.17, 15) is 29.4 Å². The van der Waals surface area contributed by atoms with Crippen molar-refractivity contribution in [3.05, 3.63) is 118 Å². The number of fused-ring (bicyclic) bond motifs is 4. The topological polar surface area (TPSA) is 185 Å². The Labute approximate surface area is 438 Å². The maximum absolute atomic E-state index is 14.1. The summed E-state index contributed by atoms with van der Waals surface area (Å²) < 4.78 is 3.58. The van der Waals surface area contributed by atoms with Crippen LogP contribution in [0.15, 0.2) is 78.4 Å². The molecule has 3 aromatic heterocycles. The predicted octanol–water partition coefficient (Wildman–Crippen LogP) is 7.01. The van der Waals surface area contributed by atoms with Crippen LogP contribution in [0.4, 0.5) is 34.4 Å². The number of hydrogen-bond donors (Lipinski definition) is 4. The second-order valence-electron chi connectivity index (χ2n) is 23.1. The molecule has 75 heavy (non-hydrogen) atoms. The summed E-state index contributed by atoms with van der Waals surface area (Å²) >= 11 is 0. The Morgan fingerprint density at radius 3 is 2.40 bits per heavy atom. The monoisotopic (exact) mass is 1020 g/mol. The molecule has 6 aliphatic rings. The molecular formula is C58H71N11O6. The maximum Gasteiger partial charge on any atom is 0.293 e. The molecule has 4 N–H and O–H groups in total. The van der Waals surface area contributed by atoms with Crippen molar-refractivity contribution in [3.8, 4) is 11.3 Å². The Morgan fingerprint density at radius 1 is 0.853 bits per heavy atom. The van der Waals surface area contributed by atoms with Gasteiger partial charge in [0.25, 0.3) is 17.4 Å². The van der Waals surface area contributed by atoms with E-state index in [1.807, 2.05) is 42.2 Å². The van der Waals surface area contributed by atoms with Crippen molar-refractivity contribution in [2.45, 2.75) is 135 Å². The number of aliphatic hydroxyl groups excluding tert-OH is 1. The van der Waals surface area contributed by atoms with E-state index in [4.69, 9.17) is 4.98 Å². The number of aliphatic hydroxyl groups is 2. The number of amides is 3. The molecule has 2 aromatic carbocycles. The molecule has 1 saturated carbocycles. The Kier molecular flexibility index (Phi) is 13.0. The van der Waals surface area contributed by atoms with Gasteiger partial charge in [-0.25, -0.2) is 9.97 Å². The first kappa shape index (κ1) is 50.3. The molecular weight excluding hydrogens is 947 g/mol. The van der Waals surface area contributed by atoms with Gasteiger partial charge in [-0.2, -0.15) is 0 Å². The molecule has 11 rings (SSSR count). The van der Waals surface area contributed by atoms with Crippen LogP contribution < -0.4 is 30.9 Å². The minimum absolute atomic E-state index is 0.0434. The van der Waals surface area contributed by atoms with Crippen LogP contribution >= 0.6 is 0 Å². The highest BCUT2D eigenvalue weighted by atomic mass is 16.3. The molecule has 0 spiro atoms. The average Bonchev–Trinajstić information content (AvgIpc) is 4.02. The van der Waals surface area contributed by atoms with Crippen LogP contribution in [0.3, 0.4) is 0 Å². The van der Waals surface area contributed by atoms with Gasteiger partial charge in [0.15, 0.2) is 5.82 Å². The zero-order valence-corrected chi connectivity index (χ0v) is 44.2. The zero-order chi connectivity index (χ0) is 52.7. The van der Waals surface area contributed by atoms with Crippen LogP contribution in [0, 0.1) is 5.41 Å². The summed E-state index contributed by atoms with van der Waals surface area (Å²) in [5.41, 5.74) is 8.63. The number of piperazine rings is 1. The van der Waals surface area contributed by atoms with E-state index >= 15 is 0 Å². The number of rotatable bonds is 11. The van der Waals surface area contributed by atoms with Crippen molar-refractivity contribution in [1.82, 2.24) is 28.9 Å². The molecule has 4 aliphatic heterocycles. The SMILES string of the molecule is C=CC(=O)Nc1cc(Nc2nc(-c3ccnc(N4CCn5c(cc6c5CC(C)(C)C6)C4=O)c3CO)cn(C)c2=O)ccc1N1CCN(C2CCN(c3ccc4c(c3)CN(C3CCC(C)(O)CC3)C4=O)[C@@H](C)C2)C[C@@H]1C. The average molecular weight is 1020 g/mol. The van der Waals surface area contributed by atoms with Crippen molar-refractivity contribution < 1.29 is 24.6 Å². The van der Waals surface area contributed by atoms with Gasteiger partial charge in [0.05, 0.1) is 29.3 Å². The van der Waals surface area contributed by atoms with Gasteiger partial charge in [-0.1, -0.05) is 20.4 Å². The van der Waals surface area contributed by atoms with Gasteiger partial charge >= 0.3 is 0 Å². The lowest BCUT2D eigenvalue weighted by Crippen LogP contribution is -2.58. The molecule has 0 radical (unpaired) electrons. The lowest BCUT2D eigenvalue weighted by molar-refractivity contribution is -0.111. The minimum atomic E-state index is -0.638. The molecule has 7 heterocycles. The Balaban J connectivity index is 0.767. The lowest BCUT2D eigenvalue weighted by atomic mass is 9.83. The highest BCUT2D eigenvalue weighted by molar-refractivity contribution is 6.06. The Bertz CT molecular complexity index is 3170. The van der Waals surface area contributed by atoms with Gasteiger partial charge in [-0.3, -0.25) is 29.0 Å². The van der Waals surface area contributed by atoms with E-state index in [2.05, 4.69) is 81.3 Å². The van der Waals surface area contributed by atoms with Crippen LogP contribution in [0.1, 0.15) is 116 Å². The van der Waals surface area contributed by atoms with Gasteiger partial charge in [0.1, 0.15) is 11.5 Å². The first-order chi connectivity index (χ1) is 35.9. The molecule has 17 heteroatoms. The molecule has 394 valence electrons. The third-order valence-corrected chi connectivity index (χ3v) is 17.2. The van der Waals surface area contributed by atoms with Gasteiger partial charge in [0.2, 0.25) is 5.91 Å². The van der Waals surface area contributed by atoms with Crippen molar-refractivity contribution >= 4 is 52.1 Å². The Hall–Kier alpha value is -6.82. The summed E-state index contributed by atoms with van der Waals surface area (Å²) in [5, 5.41) is 27.6. The standard InChI is InChI=1S/C58H71N11O6/c1-8-51(71)61-46-28-39(60-52-56(74)63(7)33-47(62-52)44-15-19-59-53(45(44)34-70)68-24-23-67-49(55(68)73)27-37-29-57(4,5)30-50(37)67)9-12-48(46)66-22-21-64(31-36(66)3)41-16-20-65(35(2)25-41)42-10-11-43-38(26-42)32-69(54(43)72)40-13-17-58(6,75)18-14-40/h8-12,15,19,26-28,33,35-36,40-41,70,75H,1,13-14,16-18,20-25,29-32,34H2,2-7H3,(H,60,62)(H,61,71)/t35-,36-,40?,41?,58?/m0/s1. The van der Waals surface area contributed by atoms with Crippen molar-refractivity contribution in [2.75, 3.05) is 58.1 Å². The van der Waals surface area contributed by atoms with E-state index in [1.165, 1.54) is 27.6 Å². The summed E-state index contributed by atoms with van der Waals surface area (Å²) in [7, 11) is 1.64. The second-order valence-corrected chi connectivity index (χ2v) is 23.1. The molecule has 3 fully saturated rings. The van der Waals surface area contributed by atoms with Gasteiger partial charge in [0, 0.05) is 123 Å². The zero-order valence-electron chi connectivity index (χ0n) is 44.2. The van der Waals surface area contributed by atoms with E-state index < -0.39 is 12.2 Å². The minimum Gasteiger partial charge on any atom is -0.392 e. The molecule has 0 bridgehead atoms. The second kappa shape index (κ2) is 19.4. The smallest absolute Gasteiger partial charge is 0.293 e. The number of nitrogens with zero attached hydrogens (tertiary/aromatic N) is 9. The third kappa shape index (κ3) is 9.41. The first-order valence-corrected chi connectivity index (χ1v) is 26.9. The number of hydrogen-bond acceptors (Lipinski definition) is 12. The van der Waals surface area contributed by atoms with Crippen molar-refractivity contribution in [2.24, 2.45) is 12.5 Å². The van der Waals surface area contributed by atoms with Crippen molar-refractivity contribution in [3.63, 3.8) is 0 Å². The summed E-state index contributed by atoms with van der Waals surface area (Å²) in [4.78, 5) is 74.9. The highest BCUT2D eigenvalue weighted by Crippen LogP contribution is 2.42. The molecule has 3 amide bonds. The number of pyridine rings is 1. The molecule has 5 aromatic rings.